The maximum absolute atomic E-state index is 13.0. The number of benzene rings is 3. The molecule has 0 saturated carbocycles. The van der Waals surface area contributed by atoms with E-state index in [-0.39, 0.29) is 5.91 Å². The summed E-state index contributed by atoms with van der Waals surface area (Å²) in [5.41, 5.74) is 6.74. The molecule has 0 atom stereocenters. The smallest absolute Gasteiger partial charge is 0.235 e. The van der Waals surface area contributed by atoms with E-state index in [2.05, 4.69) is 70.0 Å². The molecule has 0 aliphatic carbocycles. The highest BCUT2D eigenvalue weighted by Crippen LogP contribution is 2.46. The molecule has 1 saturated heterocycles. The number of pyridine rings is 1. The van der Waals surface area contributed by atoms with Crippen LogP contribution in [0.5, 0.6) is 0 Å². The number of rotatable bonds is 3. The van der Waals surface area contributed by atoms with Crippen molar-refractivity contribution in [1.82, 2.24) is 19.8 Å². The van der Waals surface area contributed by atoms with Crippen LogP contribution in [0.2, 0.25) is 0 Å². The molecule has 0 unspecified atom stereocenters. The lowest BCUT2D eigenvalue weighted by Crippen LogP contribution is -2.45. The first kappa shape index (κ1) is 21.2. The standard InChI is InChI=1S/C29H25N5O2/c35-28-29(9-12-33(36)13-10-29)24-15-20(6-8-26(24)32-28)21-4-5-23-17-31-34(27(23)16-21)18-19-3-7-25-22(14-19)2-1-11-30-25/h1-8,11,14-17,36H,9-10,12-13,18H2,(H,32,35). The lowest BCUT2D eigenvalue weighted by molar-refractivity contribution is -0.135. The lowest BCUT2D eigenvalue weighted by Gasteiger charge is -2.35. The van der Waals surface area contributed by atoms with E-state index in [1.165, 1.54) is 10.6 Å². The van der Waals surface area contributed by atoms with Gasteiger partial charge < -0.3 is 10.5 Å². The highest BCUT2D eigenvalue weighted by atomic mass is 16.5. The van der Waals surface area contributed by atoms with E-state index in [0.29, 0.717) is 32.5 Å². The molecule has 2 aromatic heterocycles. The Kier molecular flexibility index (Phi) is 4.71. The van der Waals surface area contributed by atoms with Crippen molar-refractivity contribution in [1.29, 1.82) is 0 Å². The zero-order chi connectivity index (χ0) is 24.3. The van der Waals surface area contributed by atoms with Crippen LogP contribution >= 0.6 is 0 Å². The van der Waals surface area contributed by atoms with Gasteiger partial charge in [0.05, 0.1) is 29.2 Å². The van der Waals surface area contributed by atoms with Crippen LogP contribution in [-0.2, 0) is 16.8 Å². The first-order valence-electron chi connectivity index (χ1n) is 12.3. The average molecular weight is 476 g/mol. The van der Waals surface area contributed by atoms with Crippen LogP contribution < -0.4 is 5.32 Å². The zero-order valence-corrected chi connectivity index (χ0v) is 19.7. The number of hydrogen-bond donors (Lipinski definition) is 2. The highest BCUT2D eigenvalue weighted by molar-refractivity contribution is 6.07. The van der Waals surface area contributed by atoms with Crippen molar-refractivity contribution in [3.63, 3.8) is 0 Å². The normalized spacial score (nSPS) is 17.1. The van der Waals surface area contributed by atoms with Crippen LogP contribution in [0.1, 0.15) is 24.0 Å². The van der Waals surface area contributed by atoms with E-state index in [0.717, 1.165) is 44.2 Å². The fraction of sp³-hybridized carbons (Fsp3) is 0.207. The summed E-state index contributed by atoms with van der Waals surface area (Å²) < 4.78 is 2.03. The molecule has 2 aliphatic heterocycles. The van der Waals surface area contributed by atoms with Gasteiger partial charge in [0.15, 0.2) is 0 Å². The minimum absolute atomic E-state index is 0.0434. The monoisotopic (exact) mass is 475 g/mol. The van der Waals surface area contributed by atoms with Crippen LogP contribution in [0.4, 0.5) is 5.69 Å². The van der Waals surface area contributed by atoms with E-state index in [4.69, 9.17) is 0 Å². The lowest BCUT2D eigenvalue weighted by atomic mass is 9.73. The summed E-state index contributed by atoms with van der Waals surface area (Å²) in [6.07, 6.45) is 4.94. The van der Waals surface area contributed by atoms with Crippen molar-refractivity contribution in [2.24, 2.45) is 0 Å². The second kappa shape index (κ2) is 7.98. The number of carbonyl (C=O) groups is 1. The summed E-state index contributed by atoms with van der Waals surface area (Å²) in [4.78, 5) is 17.4. The Morgan fingerprint density at radius 1 is 0.944 bits per heavy atom. The largest absolute Gasteiger partial charge is 0.325 e. The molecule has 178 valence electrons. The molecule has 4 heterocycles. The first-order chi connectivity index (χ1) is 17.6. The minimum atomic E-state index is -0.568. The summed E-state index contributed by atoms with van der Waals surface area (Å²) in [6.45, 7) is 1.65. The Balaban J connectivity index is 1.25. The highest BCUT2D eigenvalue weighted by Gasteiger charge is 2.48. The van der Waals surface area contributed by atoms with Gasteiger partial charge in [-0.25, -0.2) is 0 Å². The van der Waals surface area contributed by atoms with Gasteiger partial charge in [-0.05, 0) is 71.5 Å². The number of hydrogen-bond acceptors (Lipinski definition) is 5. The van der Waals surface area contributed by atoms with Crippen molar-refractivity contribution in [3.05, 3.63) is 90.3 Å². The SMILES string of the molecule is O=C1Nc2ccc(-c3ccc4cnn(Cc5ccc6ncccc6c5)c4c3)cc2C12CCN(O)CC2. The van der Waals surface area contributed by atoms with Crippen LogP contribution in [-0.4, -0.2) is 44.0 Å². The van der Waals surface area contributed by atoms with Gasteiger partial charge in [-0.2, -0.15) is 10.2 Å². The summed E-state index contributed by atoms with van der Waals surface area (Å²) in [5.74, 6) is 0.0434. The van der Waals surface area contributed by atoms with E-state index < -0.39 is 5.41 Å². The number of anilines is 1. The van der Waals surface area contributed by atoms with Gasteiger partial charge in [-0.3, -0.25) is 14.5 Å². The Morgan fingerprint density at radius 2 is 1.78 bits per heavy atom. The molecule has 7 nitrogen and oxygen atoms in total. The Bertz CT molecular complexity index is 1650. The third-order valence-corrected chi connectivity index (χ3v) is 7.79. The van der Waals surface area contributed by atoms with Crippen molar-refractivity contribution in [2.75, 3.05) is 18.4 Å². The number of carbonyl (C=O) groups excluding carboxylic acids is 1. The van der Waals surface area contributed by atoms with Crippen molar-refractivity contribution >= 4 is 33.4 Å². The molecule has 7 rings (SSSR count). The molecule has 5 aromatic rings. The van der Waals surface area contributed by atoms with Crippen molar-refractivity contribution in [2.45, 2.75) is 24.8 Å². The fourth-order valence-corrected chi connectivity index (χ4v) is 5.74. The number of nitrogens with one attached hydrogen (secondary N) is 1. The molecular formula is C29H25N5O2. The van der Waals surface area contributed by atoms with Crippen molar-refractivity contribution in [3.8, 4) is 11.1 Å². The van der Waals surface area contributed by atoms with E-state index in [1.54, 1.807) is 0 Å². The third kappa shape index (κ3) is 3.31. The molecule has 0 bridgehead atoms. The summed E-state index contributed by atoms with van der Waals surface area (Å²) in [6, 6.07) is 23.0. The number of amides is 1. The van der Waals surface area contributed by atoms with Gasteiger partial charge in [0.1, 0.15) is 0 Å². The van der Waals surface area contributed by atoms with E-state index in [1.807, 2.05) is 29.2 Å². The van der Waals surface area contributed by atoms with E-state index in [9.17, 15) is 10.0 Å². The van der Waals surface area contributed by atoms with Gasteiger partial charge in [0.25, 0.3) is 0 Å². The predicted octanol–water partition coefficient (Wildman–Crippen LogP) is 4.97. The van der Waals surface area contributed by atoms with Gasteiger partial charge in [-0.1, -0.05) is 30.3 Å². The number of nitrogens with zero attached hydrogens (tertiary/aromatic N) is 4. The third-order valence-electron chi connectivity index (χ3n) is 7.79. The molecule has 0 radical (unpaired) electrons. The number of hydroxylamine groups is 2. The van der Waals surface area contributed by atoms with Gasteiger partial charge in [0.2, 0.25) is 5.91 Å². The molecule has 1 spiro atoms. The average Bonchev–Trinajstić information content (AvgIpc) is 3.43. The topological polar surface area (TPSA) is 83.3 Å². The molecule has 1 fully saturated rings. The first-order valence-corrected chi connectivity index (χ1v) is 12.3. The van der Waals surface area contributed by atoms with Crippen molar-refractivity contribution < 1.29 is 10.0 Å². The fourth-order valence-electron chi connectivity index (χ4n) is 5.74. The number of piperidine rings is 1. The van der Waals surface area contributed by atoms with Gasteiger partial charge in [-0.15, -0.1) is 0 Å². The molecule has 3 aromatic carbocycles. The maximum atomic E-state index is 13.0. The zero-order valence-electron chi connectivity index (χ0n) is 19.7. The number of aromatic nitrogens is 3. The Morgan fingerprint density at radius 3 is 2.67 bits per heavy atom. The van der Waals surface area contributed by atoms with E-state index >= 15 is 0 Å². The van der Waals surface area contributed by atoms with Crippen LogP contribution in [0.3, 0.4) is 0 Å². The van der Waals surface area contributed by atoms with Crippen LogP contribution in [0.15, 0.2) is 79.1 Å². The Labute approximate surface area is 207 Å². The van der Waals surface area contributed by atoms with Gasteiger partial charge >= 0.3 is 0 Å². The Hall–Kier alpha value is -4.07. The number of fused-ring (bicyclic) bond motifs is 4. The molecule has 7 heteroatoms. The molecule has 2 N–H and O–H groups in total. The summed E-state index contributed by atoms with van der Waals surface area (Å²) >= 11 is 0. The molecular weight excluding hydrogens is 450 g/mol. The summed E-state index contributed by atoms with van der Waals surface area (Å²) in [7, 11) is 0. The quantitative estimate of drug-likeness (QED) is 0.385. The molecule has 2 aliphatic rings. The van der Waals surface area contributed by atoms with Gasteiger partial charge in [0, 0.05) is 35.7 Å². The molecule has 36 heavy (non-hydrogen) atoms. The second-order valence-electron chi connectivity index (χ2n) is 9.86. The second-order valence-corrected chi connectivity index (χ2v) is 9.86. The molecule has 1 amide bonds. The summed E-state index contributed by atoms with van der Waals surface area (Å²) in [5, 5.41) is 21.1. The van der Waals surface area contributed by atoms with Crippen LogP contribution in [0, 0.1) is 0 Å². The predicted molar refractivity (Wildman–Crippen MR) is 139 cm³/mol. The maximum Gasteiger partial charge on any atom is 0.235 e. The minimum Gasteiger partial charge on any atom is -0.325 e. The van der Waals surface area contributed by atoms with Crippen LogP contribution in [0.25, 0.3) is 32.9 Å².